The van der Waals surface area contributed by atoms with Crippen LogP contribution in [0.5, 0.6) is 5.88 Å². The van der Waals surface area contributed by atoms with Crippen molar-refractivity contribution >= 4 is 34.0 Å². The number of aromatic nitrogens is 3. The molecular formula is C19H19ClN6O2. The summed E-state index contributed by atoms with van der Waals surface area (Å²) in [7, 11) is 0. The van der Waals surface area contributed by atoms with E-state index in [1.54, 1.807) is 13.1 Å². The average Bonchev–Trinajstić information content (AvgIpc) is 2.68. The van der Waals surface area contributed by atoms with Crippen molar-refractivity contribution in [3.63, 3.8) is 0 Å². The Bertz CT molecular complexity index is 1020. The number of anilines is 2. The van der Waals surface area contributed by atoms with Crippen LogP contribution in [-0.4, -0.2) is 44.4 Å². The maximum absolute atomic E-state index is 9.61. The number of hydroxylamine groups is 2. The molecule has 2 heterocycles. The number of nitrogens with one attached hydrogen (secondary N) is 1. The van der Waals surface area contributed by atoms with Gasteiger partial charge in [0.05, 0.1) is 12.7 Å². The first-order valence-corrected chi connectivity index (χ1v) is 9.07. The summed E-state index contributed by atoms with van der Waals surface area (Å²) in [6.07, 6.45) is 2.73. The first-order chi connectivity index (χ1) is 13.5. The molecule has 0 aliphatic rings. The lowest BCUT2D eigenvalue weighted by Crippen LogP contribution is -2.31. The number of benzene rings is 1. The molecule has 9 heteroatoms. The van der Waals surface area contributed by atoms with Crippen molar-refractivity contribution in [3.05, 3.63) is 47.4 Å². The molecule has 2 N–H and O–H groups in total. The number of ether oxygens (including phenoxy) is 1. The van der Waals surface area contributed by atoms with E-state index in [0.717, 1.165) is 15.8 Å². The number of hydrogen-bond acceptors (Lipinski definition) is 8. The molecule has 0 saturated carbocycles. The number of fused-ring (bicyclic) bond motifs is 1. The summed E-state index contributed by atoms with van der Waals surface area (Å²) in [6, 6.07) is 9.41. The van der Waals surface area contributed by atoms with E-state index >= 15 is 0 Å². The summed E-state index contributed by atoms with van der Waals surface area (Å²) in [5, 5.41) is 25.4. The Morgan fingerprint density at radius 3 is 2.89 bits per heavy atom. The molecule has 1 aromatic carbocycles. The van der Waals surface area contributed by atoms with Crippen molar-refractivity contribution in [1.82, 2.24) is 20.0 Å². The largest absolute Gasteiger partial charge is 0.471 e. The lowest BCUT2D eigenvalue weighted by Gasteiger charge is -2.19. The van der Waals surface area contributed by atoms with E-state index in [2.05, 4.69) is 20.3 Å². The maximum Gasteiger partial charge on any atom is 0.253 e. The third kappa shape index (κ3) is 4.64. The van der Waals surface area contributed by atoms with Gasteiger partial charge < -0.3 is 15.3 Å². The van der Waals surface area contributed by atoms with Crippen LogP contribution in [0.25, 0.3) is 10.8 Å². The van der Waals surface area contributed by atoms with Gasteiger partial charge in [-0.3, -0.25) is 0 Å². The lowest BCUT2D eigenvalue weighted by atomic mass is 10.2. The van der Waals surface area contributed by atoms with Crippen molar-refractivity contribution in [2.75, 3.05) is 18.4 Å². The first-order valence-electron chi connectivity index (χ1n) is 8.69. The van der Waals surface area contributed by atoms with E-state index in [1.807, 2.05) is 37.3 Å². The Morgan fingerprint density at radius 2 is 2.14 bits per heavy atom. The molecule has 1 atom stereocenters. The van der Waals surface area contributed by atoms with Crippen molar-refractivity contribution in [3.8, 4) is 11.9 Å². The molecule has 2 aromatic heterocycles. The molecule has 0 aliphatic heterocycles. The number of likely N-dealkylation sites (N-methyl/N-ethyl adjacent to an activating group) is 1. The number of pyridine rings is 1. The van der Waals surface area contributed by atoms with E-state index in [-0.39, 0.29) is 24.2 Å². The second-order valence-electron chi connectivity index (χ2n) is 6.11. The predicted molar refractivity (Wildman–Crippen MR) is 106 cm³/mol. The molecule has 0 saturated heterocycles. The van der Waals surface area contributed by atoms with Crippen LogP contribution in [0, 0.1) is 11.3 Å². The Balaban J connectivity index is 1.82. The number of halogens is 1. The number of hydrogen-bond donors (Lipinski definition) is 2. The number of nitriles is 1. The van der Waals surface area contributed by atoms with Gasteiger partial charge in [-0.2, -0.15) is 15.3 Å². The SMILES string of the molecule is CCN(O)C[C@@H](C)Oc1nc(Nc2cc3cccc(Cl)c3cn2)cnc1C#N. The monoisotopic (exact) mass is 398 g/mol. The standard InChI is InChI=1S/C19H19ClN6O2/c1-3-26(27)11-12(2)28-19-16(8-21)22-10-18(25-19)24-17-7-13-5-4-6-15(20)14(13)9-23-17/h4-7,9-10,12,27H,3,11H2,1-2H3,(H,23,24,25)/t12-/m1/s1. The fourth-order valence-electron chi connectivity index (χ4n) is 2.58. The third-order valence-electron chi connectivity index (χ3n) is 3.96. The highest BCUT2D eigenvalue weighted by Crippen LogP contribution is 2.26. The van der Waals surface area contributed by atoms with Crippen molar-refractivity contribution in [1.29, 1.82) is 5.26 Å². The van der Waals surface area contributed by atoms with E-state index < -0.39 is 0 Å². The average molecular weight is 399 g/mol. The van der Waals surface area contributed by atoms with Gasteiger partial charge in [0.25, 0.3) is 5.88 Å². The fraction of sp³-hybridized carbons (Fsp3) is 0.263. The molecule has 0 aliphatic carbocycles. The lowest BCUT2D eigenvalue weighted by molar-refractivity contribution is -0.103. The van der Waals surface area contributed by atoms with Crippen molar-refractivity contribution < 1.29 is 9.94 Å². The molecule has 3 rings (SSSR count). The van der Waals surface area contributed by atoms with Gasteiger partial charge in [-0.15, -0.1) is 0 Å². The van der Waals surface area contributed by atoms with Crippen LogP contribution < -0.4 is 10.1 Å². The minimum absolute atomic E-state index is 0.0663. The summed E-state index contributed by atoms with van der Waals surface area (Å²) in [5.74, 6) is 1.03. The topological polar surface area (TPSA) is 107 Å². The predicted octanol–water partition coefficient (Wildman–Crippen LogP) is 3.77. The van der Waals surface area contributed by atoms with Crippen LogP contribution in [0.15, 0.2) is 36.7 Å². The zero-order chi connectivity index (χ0) is 20.1. The van der Waals surface area contributed by atoms with E-state index in [9.17, 15) is 10.5 Å². The normalized spacial score (nSPS) is 12.0. The molecule has 144 valence electrons. The Labute approximate surface area is 167 Å². The van der Waals surface area contributed by atoms with E-state index in [4.69, 9.17) is 16.3 Å². The van der Waals surface area contributed by atoms with Gasteiger partial charge in [0, 0.05) is 23.2 Å². The highest BCUT2D eigenvalue weighted by atomic mass is 35.5. The van der Waals surface area contributed by atoms with Crippen LogP contribution in [-0.2, 0) is 0 Å². The van der Waals surface area contributed by atoms with Gasteiger partial charge in [0.2, 0.25) is 5.69 Å². The van der Waals surface area contributed by atoms with Crippen LogP contribution in [0.3, 0.4) is 0 Å². The van der Waals surface area contributed by atoms with E-state index in [0.29, 0.717) is 23.2 Å². The molecule has 0 bridgehead atoms. The van der Waals surface area contributed by atoms with Gasteiger partial charge in [0.15, 0.2) is 5.82 Å². The highest BCUT2D eigenvalue weighted by Gasteiger charge is 2.15. The number of nitrogens with zero attached hydrogens (tertiary/aromatic N) is 5. The van der Waals surface area contributed by atoms with Gasteiger partial charge >= 0.3 is 0 Å². The fourth-order valence-corrected chi connectivity index (χ4v) is 2.81. The summed E-state index contributed by atoms with van der Waals surface area (Å²) in [5.41, 5.74) is 0.0663. The first kappa shape index (κ1) is 19.8. The zero-order valence-electron chi connectivity index (χ0n) is 15.4. The van der Waals surface area contributed by atoms with Crippen LogP contribution >= 0.6 is 11.6 Å². The van der Waals surface area contributed by atoms with Crippen LogP contribution in [0.1, 0.15) is 19.5 Å². The summed E-state index contributed by atoms with van der Waals surface area (Å²) >= 11 is 6.17. The quantitative estimate of drug-likeness (QED) is 0.579. The van der Waals surface area contributed by atoms with Crippen molar-refractivity contribution in [2.24, 2.45) is 0 Å². The Hall–Kier alpha value is -2.99. The smallest absolute Gasteiger partial charge is 0.253 e. The molecule has 0 radical (unpaired) electrons. The zero-order valence-corrected chi connectivity index (χ0v) is 16.2. The molecule has 0 spiro atoms. The van der Waals surface area contributed by atoms with E-state index in [1.165, 1.54) is 6.20 Å². The third-order valence-corrected chi connectivity index (χ3v) is 4.29. The Kier molecular flexibility index (Phi) is 6.21. The highest BCUT2D eigenvalue weighted by molar-refractivity contribution is 6.35. The van der Waals surface area contributed by atoms with Crippen LogP contribution in [0.2, 0.25) is 5.02 Å². The summed E-state index contributed by atoms with van der Waals surface area (Å²) < 4.78 is 5.70. The van der Waals surface area contributed by atoms with Gasteiger partial charge in [-0.05, 0) is 24.4 Å². The molecule has 0 fully saturated rings. The van der Waals surface area contributed by atoms with Gasteiger partial charge in [-0.1, -0.05) is 30.7 Å². The summed E-state index contributed by atoms with van der Waals surface area (Å²) in [6.45, 7) is 4.33. The minimum Gasteiger partial charge on any atom is -0.471 e. The molecule has 28 heavy (non-hydrogen) atoms. The van der Waals surface area contributed by atoms with Gasteiger partial charge in [-0.25, -0.2) is 9.97 Å². The van der Waals surface area contributed by atoms with Crippen LogP contribution in [0.4, 0.5) is 11.6 Å². The second-order valence-corrected chi connectivity index (χ2v) is 6.52. The molecular weight excluding hydrogens is 380 g/mol. The molecule has 0 amide bonds. The number of rotatable bonds is 7. The molecule has 3 aromatic rings. The van der Waals surface area contributed by atoms with Gasteiger partial charge in [0.1, 0.15) is 18.0 Å². The van der Waals surface area contributed by atoms with Crippen molar-refractivity contribution in [2.45, 2.75) is 20.0 Å². The minimum atomic E-state index is -0.387. The Morgan fingerprint density at radius 1 is 1.32 bits per heavy atom. The maximum atomic E-state index is 9.61. The second kappa shape index (κ2) is 8.80. The summed E-state index contributed by atoms with van der Waals surface area (Å²) in [4.78, 5) is 12.7. The molecule has 0 unspecified atom stereocenters. The molecule has 8 nitrogen and oxygen atoms in total.